The fourth-order valence-electron chi connectivity index (χ4n) is 9.15. The average molecular weight is 917 g/mol. The van der Waals surface area contributed by atoms with Gasteiger partial charge in [-0.15, -0.1) is 0 Å². The number of benzene rings is 10. The number of rotatable bonds is 11. The topological polar surface area (TPSA) is 9.86 Å². The standard InChI is InChI=1S/C60H42N2P2S2/c1-5-17-47(18-6-1)63(48-19-7-2-8-20-48)65-51-35-31-45(32-36-51)61-57-27-15-13-25-53(57)55-41-43(29-39-59(55)61)44-30-40-60-56(42-44)54-26-14-16-28-58(54)62(60)46-33-37-52(38-34-46)66-64(49-21-9-3-10-22-49)50-23-11-4-12-24-50/h1-42H. The van der Waals surface area contributed by atoms with Crippen LogP contribution in [0, 0.1) is 0 Å². The number of hydrogen-bond acceptors (Lipinski definition) is 2. The van der Waals surface area contributed by atoms with E-state index < -0.39 is 14.2 Å². The quantitative estimate of drug-likeness (QED) is 0.120. The number of hydrogen-bond donors (Lipinski definition) is 0. The smallest absolute Gasteiger partial charge is 0.0541 e. The Bertz CT molecular complexity index is 3310. The normalized spacial score (nSPS) is 11.7. The zero-order valence-corrected chi connectivity index (χ0v) is 39.3. The van der Waals surface area contributed by atoms with Crippen LogP contribution in [0.4, 0.5) is 0 Å². The summed E-state index contributed by atoms with van der Waals surface area (Å²) in [5.74, 6) is 0. The van der Waals surface area contributed by atoms with Gasteiger partial charge in [0.2, 0.25) is 0 Å². The van der Waals surface area contributed by atoms with Crippen molar-refractivity contribution >= 4 is 102 Å². The van der Waals surface area contributed by atoms with Crippen LogP contribution in [-0.4, -0.2) is 9.13 Å². The Labute approximate surface area is 395 Å². The molecule has 0 amide bonds. The van der Waals surface area contributed by atoms with Crippen molar-refractivity contribution < 1.29 is 0 Å². The minimum absolute atomic E-state index is 0.606. The molecule has 0 saturated carbocycles. The fourth-order valence-corrected chi connectivity index (χ4v) is 17.6. The van der Waals surface area contributed by atoms with Gasteiger partial charge in [-0.05, 0) is 117 Å². The molecule has 10 aromatic carbocycles. The van der Waals surface area contributed by atoms with Gasteiger partial charge in [0.1, 0.15) is 0 Å². The molecule has 2 heterocycles. The Hall–Kier alpha value is -6.64. The lowest BCUT2D eigenvalue weighted by molar-refractivity contribution is 1.17. The van der Waals surface area contributed by atoms with E-state index in [4.69, 9.17) is 0 Å². The molecule has 0 unspecified atom stereocenters. The van der Waals surface area contributed by atoms with Gasteiger partial charge in [0.05, 0.1) is 22.1 Å². The second-order valence-electron chi connectivity index (χ2n) is 16.3. The summed E-state index contributed by atoms with van der Waals surface area (Å²) in [6.07, 6.45) is 0. The van der Waals surface area contributed by atoms with Gasteiger partial charge < -0.3 is 9.13 Å². The molecule has 0 N–H and O–H groups in total. The van der Waals surface area contributed by atoms with Crippen molar-refractivity contribution in [1.82, 2.24) is 9.13 Å². The molecule has 6 heteroatoms. The second-order valence-corrected chi connectivity index (χ2v) is 24.1. The third-order valence-corrected chi connectivity index (χ3v) is 21.5. The predicted molar refractivity (Wildman–Crippen MR) is 290 cm³/mol. The zero-order chi connectivity index (χ0) is 43.8. The first kappa shape index (κ1) is 40.8. The molecule has 0 atom stereocenters. The maximum absolute atomic E-state index is 2.42. The van der Waals surface area contributed by atoms with Crippen molar-refractivity contribution in [3.05, 3.63) is 255 Å². The van der Waals surface area contributed by atoms with Gasteiger partial charge in [-0.3, -0.25) is 0 Å². The van der Waals surface area contributed by atoms with E-state index >= 15 is 0 Å². The van der Waals surface area contributed by atoms with Gasteiger partial charge in [0, 0.05) is 57.0 Å². The van der Waals surface area contributed by atoms with Crippen molar-refractivity contribution in [3.63, 3.8) is 0 Å². The van der Waals surface area contributed by atoms with Crippen LogP contribution in [0.3, 0.4) is 0 Å². The van der Waals surface area contributed by atoms with Crippen LogP contribution in [0.1, 0.15) is 0 Å². The molecule has 66 heavy (non-hydrogen) atoms. The van der Waals surface area contributed by atoms with E-state index in [0.717, 1.165) is 11.4 Å². The van der Waals surface area contributed by atoms with E-state index in [1.165, 1.54) is 85.7 Å². The van der Waals surface area contributed by atoms with Gasteiger partial charge in [-0.2, -0.15) is 0 Å². The van der Waals surface area contributed by atoms with Gasteiger partial charge in [0.15, 0.2) is 0 Å². The first-order valence-electron chi connectivity index (χ1n) is 22.2. The maximum atomic E-state index is 2.42. The van der Waals surface area contributed by atoms with Crippen LogP contribution in [0.2, 0.25) is 0 Å². The van der Waals surface area contributed by atoms with Crippen LogP contribution in [0.5, 0.6) is 0 Å². The lowest BCUT2D eigenvalue weighted by Crippen LogP contribution is -2.08. The van der Waals surface area contributed by atoms with Gasteiger partial charge in [-0.25, -0.2) is 0 Å². The van der Waals surface area contributed by atoms with Crippen molar-refractivity contribution in [3.8, 4) is 22.5 Å². The summed E-state index contributed by atoms with van der Waals surface area (Å²) in [4.78, 5) is 2.54. The maximum Gasteiger partial charge on any atom is 0.0541 e. The van der Waals surface area contributed by atoms with Crippen LogP contribution >= 0.6 is 37.0 Å². The largest absolute Gasteiger partial charge is 0.309 e. The van der Waals surface area contributed by atoms with E-state index in [2.05, 4.69) is 264 Å². The minimum Gasteiger partial charge on any atom is -0.309 e. The summed E-state index contributed by atoms with van der Waals surface area (Å²) in [7, 11) is -1.21. The molecule has 0 radical (unpaired) electrons. The molecular weight excluding hydrogens is 875 g/mol. The number of fused-ring (bicyclic) bond motifs is 6. The van der Waals surface area contributed by atoms with Crippen molar-refractivity contribution in [1.29, 1.82) is 0 Å². The van der Waals surface area contributed by atoms with E-state index in [0.29, 0.717) is 0 Å². The Morgan fingerprint density at radius 3 is 0.909 bits per heavy atom. The van der Waals surface area contributed by atoms with Crippen LogP contribution < -0.4 is 21.2 Å². The van der Waals surface area contributed by atoms with Gasteiger partial charge in [-0.1, -0.05) is 193 Å². The molecule has 12 aromatic rings. The van der Waals surface area contributed by atoms with E-state index in [1.807, 2.05) is 22.8 Å². The predicted octanol–water partition coefficient (Wildman–Crippen LogP) is 15.8. The molecule has 0 aliphatic carbocycles. The Morgan fingerprint density at radius 2 is 0.561 bits per heavy atom. The summed E-state index contributed by atoms with van der Waals surface area (Å²) in [6.45, 7) is 0. The summed E-state index contributed by atoms with van der Waals surface area (Å²) in [5, 5.41) is 10.5. The van der Waals surface area contributed by atoms with Crippen molar-refractivity contribution in [2.75, 3.05) is 0 Å². The van der Waals surface area contributed by atoms with Crippen LogP contribution in [0.25, 0.3) is 66.1 Å². The third kappa shape index (κ3) is 7.75. The van der Waals surface area contributed by atoms with Crippen molar-refractivity contribution in [2.45, 2.75) is 9.79 Å². The Balaban J connectivity index is 0.872. The summed E-state index contributed by atoms with van der Waals surface area (Å²) >= 11 is 3.93. The van der Waals surface area contributed by atoms with Crippen LogP contribution in [0.15, 0.2) is 265 Å². The first-order valence-corrected chi connectivity index (χ1v) is 27.7. The molecule has 0 aliphatic rings. The highest BCUT2D eigenvalue weighted by Gasteiger charge is 2.20. The fraction of sp³-hybridized carbons (Fsp3) is 0. The molecule has 0 fully saturated rings. The molecule has 314 valence electrons. The van der Waals surface area contributed by atoms with E-state index in [1.54, 1.807) is 0 Å². The summed E-state index contributed by atoms with van der Waals surface area (Å²) in [5.41, 5.74) is 9.57. The lowest BCUT2D eigenvalue weighted by atomic mass is 10.0. The number of aromatic nitrogens is 2. The van der Waals surface area contributed by atoms with Gasteiger partial charge >= 0.3 is 0 Å². The van der Waals surface area contributed by atoms with Crippen molar-refractivity contribution in [2.24, 2.45) is 0 Å². The molecule has 0 spiro atoms. The van der Waals surface area contributed by atoms with Gasteiger partial charge in [0.25, 0.3) is 0 Å². The van der Waals surface area contributed by atoms with Crippen LogP contribution in [-0.2, 0) is 0 Å². The molecule has 0 aliphatic heterocycles. The summed E-state index contributed by atoms with van der Waals surface area (Å²) < 4.78 is 4.84. The molecule has 0 saturated heterocycles. The minimum atomic E-state index is -0.606. The Kier molecular flexibility index (Phi) is 11.1. The average Bonchev–Trinajstić information content (AvgIpc) is 3.91. The third-order valence-electron chi connectivity index (χ3n) is 12.2. The molecule has 2 nitrogen and oxygen atoms in total. The Morgan fingerprint density at radius 1 is 0.258 bits per heavy atom. The number of para-hydroxylation sites is 2. The highest BCUT2D eigenvalue weighted by Crippen LogP contribution is 2.53. The SMILES string of the molecule is c1ccc(P(Sc2ccc(-n3c4ccccc4c4cc(-c5ccc6c(c5)c5ccccc5n6-c5ccc(SP(c6ccccc6)c6ccccc6)cc5)ccc43)cc2)c2ccccc2)cc1. The first-order chi connectivity index (χ1) is 32.7. The zero-order valence-electron chi connectivity index (χ0n) is 35.9. The number of nitrogens with zero attached hydrogens (tertiary/aromatic N) is 2. The highest BCUT2D eigenvalue weighted by molar-refractivity contribution is 8.60. The molecule has 12 rings (SSSR count). The summed E-state index contributed by atoms with van der Waals surface area (Å²) in [6, 6.07) is 93.7. The lowest BCUT2D eigenvalue weighted by Gasteiger charge is -2.18. The molecule has 2 aromatic heterocycles. The molecular formula is C60H42N2P2S2. The molecule has 0 bridgehead atoms. The second kappa shape index (κ2) is 18.0. The van der Waals surface area contributed by atoms with E-state index in [9.17, 15) is 0 Å². The van der Waals surface area contributed by atoms with E-state index in [-0.39, 0.29) is 0 Å². The highest BCUT2D eigenvalue weighted by atomic mass is 32.7. The monoisotopic (exact) mass is 916 g/mol.